The van der Waals surface area contributed by atoms with Gasteiger partial charge in [0.15, 0.2) is 0 Å². The highest BCUT2D eigenvalue weighted by molar-refractivity contribution is 7.12. The molecule has 0 aliphatic heterocycles. The monoisotopic (exact) mass is 260 g/mol. The molecule has 18 heavy (non-hydrogen) atoms. The first-order valence-corrected chi connectivity index (χ1v) is 6.77. The van der Waals surface area contributed by atoms with Crippen LogP contribution in [0.1, 0.15) is 27.7 Å². The number of carbonyl (C=O) groups is 1. The summed E-state index contributed by atoms with van der Waals surface area (Å²) in [4.78, 5) is 12.8. The molecule has 3 N–H and O–H groups in total. The Morgan fingerprint density at radius 3 is 2.67 bits per heavy atom. The number of nitrogen functional groups attached to an aromatic ring is 1. The number of hydrogen-bond acceptors (Lipinski definition) is 3. The molecular weight excluding hydrogens is 244 g/mol. The van der Waals surface area contributed by atoms with Crippen LogP contribution in [-0.4, -0.2) is 5.91 Å². The van der Waals surface area contributed by atoms with E-state index in [0.29, 0.717) is 6.54 Å². The number of benzene rings is 1. The number of aryl methyl sites for hydroxylation is 1. The second-order valence-electron chi connectivity index (χ2n) is 4.05. The van der Waals surface area contributed by atoms with Gasteiger partial charge in [0, 0.05) is 12.2 Å². The normalized spacial score (nSPS) is 10.3. The quantitative estimate of drug-likeness (QED) is 0.831. The Morgan fingerprint density at radius 2 is 2.00 bits per heavy atom. The van der Waals surface area contributed by atoms with Crippen LogP contribution in [0.2, 0.25) is 0 Å². The maximum Gasteiger partial charge on any atom is 0.261 e. The zero-order valence-electron chi connectivity index (χ0n) is 10.3. The first kappa shape index (κ1) is 12.6. The summed E-state index contributed by atoms with van der Waals surface area (Å²) in [5.74, 6) is -0.00123. The topological polar surface area (TPSA) is 55.1 Å². The molecule has 0 atom stereocenters. The fourth-order valence-corrected chi connectivity index (χ4v) is 2.62. The van der Waals surface area contributed by atoms with Crippen LogP contribution in [-0.2, 0) is 13.0 Å². The van der Waals surface area contributed by atoms with Crippen molar-refractivity contribution in [2.24, 2.45) is 0 Å². The molecule has 1 aromatic carbocycles. The van der Waals surface area contributed by atoms with Gasteiger partial charge >= 0.3 is 0 Å². The summed E-state index contributed by atoms with van der Waals surface area (Å²) >= 11 is 1.49. The van der Waals surface area contributed by atoms with Crippen molar-refractivity contribution in [1.29, 1.82) is 0 Å². The minimum absolute atomic E-state index is 0.00123. The second kappa shape index (κ2) is 5.69. The lowest BCUT2D eigenvalue weighted by molar-refractivity contribution is 0.0954. The molecule has 1 heterocycles. The maximum absolute atomic E-state index is 12.0. The molecule has 2 aromatic rings. The first-order chi connectivity index (χ1) is 8.70. The molecule has 1 aromatic heterocycles. The predicted molar refractivity (Wildman–Crippen MR) is 75.7 cm³/mol. The zero-order valence-corrected chi connectivity index (χ0v) is 11.1. The van der Waals surface area contributed by atoms with Crippen LogP contribution in [0.25, 0.3) is 0 Å². The van der Waals surface area contributed by atoms with Gasteiger partial charge in [-0.15, -0.1) is 11.3 Å². The van der Waals surface area contributed by atoms with Gasteiger partial charge in [-0.2, -0.15) is 0 Å². The zero-order chi connectivity index (χ0) is 13.0. The van der Waals surface area contributed by atoms with E-state index in [1.807, 2.05) is 35.7 Å². The van der Waals surface area contributed by atoms with E-state index in [4.69, 9.17) is 5.73 Å². The number of hydrogen-bond donors (Lipinski definition) is 2. The van der Waals surface area contributed by atoms with E-state index in [0.717, 1.165) is 28.1 Å². The number of thiophene rings is 1. The van der Waals surface area contributed by atoms with Gasteiger partial charge in [0.2, 0.25) is 0 Å². The minimum atomic E-state index is -0.00123. The van der Waals surface area contributed by atoms with Crippen molar-refractivity contribution in [3.8, 4) is 0 Å². The summed E-state index contributed by atoms with van der Waals surface area (Å²) in [6, 6.07) is 9.52. The Bertz CT molecular complexity index is 531. The Labute approximate surface area is 111 Å². The molecular formula is C14H16N2OS. The fourth-order valence-electron chi connectivity index (χ4n) is 1.71. The number of nitrogens with one attached hydrogen (secondary N) is 1. The molecule has 0 aliphatic carbocycles. The molecule has 4 heteroatoms. The lowest BCUT2D eigenvalue weighted by Gasteiger charge is -2.05. The Morgan fingerprint density at radius 1 is 1.28 bits per heavy atom. The SMILES string of the molecule is CCc1ccsc1C(=O)NCc1ccc(N)cc1. The molecule has 2 rings (SSSR count). The van der Waals surface area contributed by atoms with E-state index >= 15 is 0 Å². The van der Waals surface area contributed by atoms with Crippen LogP contribution in [0.3, 0.4) is 0 Å². The lowest BCUT2D eigenvalue weighted by Crippen LogP contribution is -2.22. The van der Waals surface area contributed by atoms with Gasteiger partial charge in [0.1, 0.15) is 0 Å². The van der Waals surface area contributed by atoms with Crippen molar-refractivity contribution < 1.29 is 4.79 Å². The summed E-state index contributed by atoms with van der Waals surface area (Å²) in [7, 11) is 0. The first-order valence-electron chi connectivity index (χ1n) is 5.89. The molecule has 0 radical (unpaired) electrons. The van der Waals surface area contributed by atoms with E-state index in [1.165, 1.54) is 11.3 Å². The van der Waals surface area contributed by atoms with Crippen LogP contribution in [0.15, 0.2) is 35.7 Å². The molecule has 3 nitrogen and oxygen atoms in total. The third-order valence-electron chi connectivity index (χ3n) is 2.77. The third-order valence-corrected chi connectivity index (χ3v) is 3.72. The van der Waals surface area contributed by atoms with Crippen molar-refractivity contribution in [3.05, 3.63) is 51.7 Å². The second-order valence-corrected chi connectivity index (χ2v) is 4.97. The van der Waals surface area contributed by atoms with E-state index in [1.54, 1.807) is 0 Å². The number of nitrogens with two attached hydrogens (primary N) is 1. The highest BCUT2D eigenvalue weighted by Crippen LogP contribution is 2.17. The molecule has 1 amide bonds. The highest BCUT2D eigenvalue weighted by Gasteiger charge is 2.11. The van der Waals surface area contributed by atoms with E-state index in [-0.39, 0.29) is 5.91 Å². The largest absolute Gasteiger partial charge is 0.399 e. The highest BCUT2D eigenvalue weighted by atomic mass is 32.1. The minimum Gasteiger partial charge on any atom is -0.399 e. The van der Waals surface area contributed by atoms with Crippen molar-refractivity contribution in [2.75, 3.05) is 5.73 Å². The molecule has 0 saturated heterocycles. The van der Waals surface area contributed by atoms with Gasteiger partial charge in [-0.05, 0) is 41.1 Å². The van der Waals surface area contributed by atoms with Crippen LogP contribution in [0.5, 0.6) is 0 Å². The van der Waals surface area contributed by atoms with Gasteiger partial charge in [-0.3, -0.25) is 4.79 Å². The summed E-state index contributed by atoms with van der Waals surface area (Å²) < 4.78 is 0. The molecule has 0 fully saturated rings. The van der Waals surface area contributed by atoms with E-state index in [2.05, 4.69) is 12.2 Å². The molecule has 0 saturated carbocycles. The Hall–Kier alpha value is -1.81. The van der Waals surface area contributed by atoms with E-state index < -0.39 is 0 Å². The van der Waals surface area contributed by atoms with Crippen molar-refractivity contribution >= 4 is 22.9 Å². The third kappa shape index (κ3) is 2.90. The maximum atomic E-state index is 12.0. The van der Waals surface area contributed by atoms with Gasteiger partial charge in [-0.25, -0.2) is 0 Å². The molecule has 0 bridgehead atoms. The van der Waals surface area contributed by atoms with Gasteiger partial charge in [0.05, 0.1) is 4.88 Å². The Kier molecular flexibility index (Phi) is 3.99. The number of rotatable bonds is 4. The summed E-state index contributed by atoms with van der Waals surface area (Å²) in [5.41, 5.74) is 8.50. The van der Waals surface area contributed by atoms with Gasteiger partial charge in [0.25, 0.3) is 5.91 Å². The van der Waals surface area contributed by atoms with E-state index in [9.17, 15) is 4.79 Å². The summed E-state index contributed by atoms with van der Waals surface area (Å²) in [5, 5.41) is 4.88. The van der Waals surface area contributed by atoms with Crippen LogP contribution >= 0.6 is 11.3 Å². The van der Waals surface area contributed by atoms with Gasteiger partial charge < -0.3 is 11.1 Å². The average Bonchev–Trinajstić information content (AvgIpc) is 2.86. The molecule has 0 unspecified atom stereocenters. The summed E-state index contributed by atoms with van der Waals surface area (Å²) in [6.07, 6.45) is 0.883. The van der Waals surface area contributed by atoms with Crippen molar-refractivity contribution in [2.45, 2.75) is 19.9 Å². The van der Waals surface area contributed by atoms with Crippen molar-refractivity contribution in [1.82, 2.24) is 5.32 Å². The fraction of sp³-hybridized carbons (Fsp3) is 0.214. The predicted octanol–water partition coefficient (Wildman–Crippen LogP) is 2.82. The number of amides is 1. The molecule has 0 spiro atoms. The molecule has 0 aliphatic rings. The number of carbonyl (C=O) groups excluding carboxylic acids is 1. The molecule has 94 valence electrons. The van der Waals surface area contributed by atoms with Gasteiger partial charge in [-0.1, -0.05) is 19.1 Å². The average molecular weight is 260 g/mol. The van der Waals surface area contributed by atoms with Crippen molar-refractivity contribution in [3.63, 3.8) is 0 Å². The Balaban J connectivity index is 1.98. The standard InChI is InChI=1S/C14H16N2OS/c1-2-11-7-8-18-13(11)14(17)16-9-10-3-5-12(15)6-4-10/h3-8H,2,9,15H2,1H3,(H,16,17). The van der Waals surface area contributed by atoms with Crippen LogP contribution in [0, 0.1) is 0 Å². The summed E-state index contributed by atoms with van der Waals surface area (Å²) in [6.45, 7) is 2.58. The van der Waals surface area contributed by atoms with Crippen LogP contribution < -0.4 is 11.1 Å². The smallest absolute Gasteiger partial charge is 0.261 e. The van der Waals surface area contributed by atoms with Crippen LogP contribution in [0.4, 0.5) is 5.69 Å². The lowest BCUT2D eigenvalue weighted by atomic mass is 10.2. The number of anilines is 1.